The van der Waals surface area contributed by atoms with Gasteiger partial charge in [-0.1, -0.05) is 239 Å². The highest BCUT2D eigenvalue weighted by atomic mass is 31.2. The fourth-order valence-electron chi connectivity index (χ4n) is 7.66. The highest BCUT2D eigenvalue weighted by molar-refractivity contribution is 7.45. The van der Waals surface area contributed by atoms with Gasteiger partial charge in [-0.05, 0) is 77.0 Å². The Bertz CT molecular complexity index is 1440. The summed E-state index contributed by atoms with van der Waals surface area (Å²) in [5.41, 5.74) is 0. The van der Waals surface area contributed by atoms with Gasteiger partial charge in [-0.15, -0.1) is 0 Å². The van der Waals surface area contributed by atoms with Crippen LogP contribution in [0, 0.1) is 0 Å². The van der Waals surface area contributed by atoms with Crippen molar-refractivity contribution in [2.45, 2.75) is 238 Å². The smallest absolute Gasteiger partial charge is 0.268 e. The van der Waals surface area contributed by atoms with E-state index in [1.165, 1.54) is 116 Å². The number of hydrogen-bond acceptors (Lipinski definition) is 6. The minimum Gasteiger partial charge on any atom is -0.756 e. The fraction of sp³-hybridized carbons (Fsp3) is 0.717. The Morgan fingerprint density at radius 3 is 1.29 bits per heavy atom. The number of nitrogens with one attached hydrogen (secondary N) is 1. The molecule has 3 unspecified atom stereocenters. The lowest BCUT2D eigenvalue weighted by molar-refractivity contribution is -0.870. The molecule has 0 bridgehead atoms. The Morgan fingerprint density at radius 1 is 0.522 bits per heavy atom. The van der Waals surface area contributed by atoms with Gasteiger partial charge < -0.3 is 28.8 Å². The number of nitrogens with zero attached hydrogens (tertiary/aromatic N) is 1. The van der Waals surface area contributed by atoms with E-state index in [0.717, 1.165) is 83.5 Å². The number of likely N-dealkylation sites (N-methyl/N-ethyl adjacent to an activating group) is 1. The first-order valence-electron chi connectivity index (χ1n) is 28.1. The average Bonchev–Trinajstić information content (AvgIpc) is 3.31. The number of rotatable bonds is 50. The molecule has 2 N–H and O–H groups in total. The van der Waals surface area contributed by atoms with Crippen molar-refractivity contribution < 1.29 is 32.9 Å². The predicted octanol–water partition coefficient (Wildman–Crippen LogP) is 16.4. The molecule has 9 heteroatoms. The fourth-order valence-corrected chi connectivity index (χ4v) is 8.39. The highest BCUT2D eigenvalue weighted by Crippen LogP contribution is 2.38. The number of hydrogen-bond donors (Lipinski definition) is 2. The van der Waals surface area contributed by atoms with Crippen LogP contribution >= 0.6 is 7.82 Å². The summed E-state index contributed by atoms with van der Waals surface area (Å²) in [6.07, 6.45) is 71.9. The topological polar surface area (TPSA) is 108 Å². The van der Waals surface area contributed by atoms with Crippen molar-refractivity contribution >= 4 is 13.7 Å². The van der Waals surface area contributed by atoms with Crippen LogP contribution in [0.2, 0.25) is 0 Å². The van der Waals surface area contributed by atoms with Crippen LogP contribution in [0.3, 0.4) is 0 Å². The number of phosphoric ester groups is 1. The van der Waals surface area contributed by atoms with Crippen molar-refractivity contribution in [1.82, 2.24) is 5.32 Å². The molecule has 0 aliphatic heterocycles. The summed E-state index contributed by atoms with van der Waals surface area (Å²) in [4.78, 5) is 25.5. The maximum atomic E-state index is 12.9. The predicted molar refractivity (Wildman–Crippen MR) is 297 cm³/mol. The number of quaternary nitrogens is 1. The van der Waals surface area contributed by atoms with Crippen molar-refractivity contribution in [2.24, 2.45) is 0 Å². The first kappa shape index (κ1) is 66.4. The minimum absolute atomic E-state index is 0.0130. The molecule has 0 spiro atoms. The third-order valence-corrected chi connectivity index (χ3v) is 13.0. The molecular weight excluding hydrogens is 876 g/mol. The molecule has 0 aromatic rings. The van der Waals surface area contributed by atoms with Gasteiger partial charge >= 0.3 is 0 Å². The lowest BCUT2D eigenvalue weighted by Gasteiger charge is -2.29. The van der Waals surface area contributed by atoms with E-state index in [1.807, 2.05) is 27.2 Å². The quantitative estimate of drug-likeness (QED) is 0.0272. The Labute approximate surface area is 426 Å². The molecule has 0 aromatic heterocycles. The molecule has 0 aromatic carbocycles. The molecule has 0 saturated carbocycles. The van der Waals surface area contributed by atoms with Gasteiger partial charge in [-0.3, -0.25) is 9.36 Å². The molecule has 1 amide bonds. The zero-order chi connectivity index (χ0) is 50.6. The summed E-state index contributed by atoms with van der Waals surface area (Å²) in [6.45, 7) is 4.51. The van der Waals surface area contributed by atoms with Crippen LogP contribution in [-0.2, 0) is 18.4 Å². The van der Waals surface area contributed by atoms with Crippen LogP contribution in [0.4, 0.5) is 0 Å². The molecule has 0 radical (unpaired) electrons. The van der Waals surface area contributed by atoms with Gasteiger partial charge in [0.05, 0.1) is 39.9 Å². The molecule has 3 atom stereocenters. The van der Waals surface area contributed by atoms with Crippen molar-refractivity contribution in [3.8, 4) is 0 Å². The number of unbranched alkanes of at least 4 members (excludes halogenated alkanes) is 23. The molecule has 0 fully saturated rings. The van der Waals surface area contributed by atoms with E-state index in [0.29, 0.717) is 23.9 Å². The zero-order valence-corrected chi connectivity index (χ0v) is 46.1. The maximum absolute atomic E-state index is 12.9. The normalized spacial score (nSPS) is 14.7. The number of amides is 1. The monoisotopic (exact) mass is 983 g/mol. The van der Waals surface area contributed by atoms with Gasteiger partial charge in [0.1, 0.15) is 13.2 Å². The number of aliphatic hydroxyl groups excluding tert-OH is 1. The summed E-state index contributed by atoms with van der Waals surface area (Å²) in [6, 6.07) is -0.912. The van der Waals surface area contributed by atoms with Crippen molar-refractivity contribution in [3.05, 3.63) is 97.2 Å². The van der Waals surface area contributed by atoms with Gasteiger partial charge in [0.25, 0.3) is 7.82 Å². The second-order valence-electron chi connectivity index (χ2n) is 19.9. The van der Waals surface area contributed by atoms with E-state index in [1.54, 1.807) is 6.08 Å². The number of carbonyl (C=O) groups excluding carboxylic acids is 1. The SMILES string of the molecule is CC/C=C\C/C=C\C/C=C\C/C=C\C/C=C\C/C=C\C/C=C\CCCCCC(=O)NC(COP(=O)([O-])OCC[N+](C)(C)C)C(O)/C=C/CCCCCCCCCCCCCCCCCCCCCC. The minimum atomic E-state index is -4.61. The van der Waals surface area contributed by atoms with Crippen LogP contribution in [0.5, 0.6) is 0 Å². The maximum Gasteiger partial charge on any atom is 0.268 e. The standard InChI is InChI=1S/C60H107N2O6P/c1-6-8-10-12-14-16-18-20-22-24-26-28-30-31-32-34-36-38-40-42-44-46-48-50-52-54-60(64)61-58(57-68-69(65,66)67-56-55-62(3,4)5)59(63)53-51-49-47-45-43-41-39-37-35-33-29-27-25-23-21-19-17-15-13-11-9-7-2/h8,10,14,16,20,22,26,28,31-32,36,38,42,44,51,53,58-59,63H,6-7,9,11-13,15,17-19,21,23-25,27,29-30,33-35,37,39-41,43,45-50,52,54-57H2,1-5H3,(H-,61,64,65,66)/b10-8-,16-14-,22-20-,28-26-,32-31-,38-36-,44-42-,53-51+. The Balaban J connectivity index is 4.36. The molecule has 0 rings (SSSR count). The van der Waals surface area contributed by atoms with E-state index in [-0.39, 0.29) is 12.5 Å². The Kier molecular flexibility index (Phi) is 48.5. The third kappa shape index (κ3) is 53.1. The lowest BCUT2D eigenvalue weighted by atomic mass is 10.0. The average molecular weight is 983 g/mol. The van der Waals surface area contributed by atoms with Crippen LogP contribution in [0.15, 0.2) is 97.2 Å². The van der Waals surface area contributed by atoms with Crippen LogP contribution in [0.25, 0.3) is 0 Å². The summed E-state index contributed by atoms with van der Waals surface area (Å²) >= 11 is 0. The van der Waals surface area contributed by atoms with Gasteiger partial charge in [0.15, 0.2) is 0 Å². The zero-order valence-electron chi connectivity index (χ0n) is 45.2. The third-order valence-electron chi connectivity index (χ3n) is 12.0. The molecule has 69 heavy (non-hydrogen) atoms. The van der Waals surface area contributed by atoms with Crippen molar-refractivity contribution in [1.29, 1.82) is 0 Å². The number of carbonyl (C=O) groups is 1. The second kappa shape index (κ2) is 50.4. The Hall–Kier alpha value is -2.58. The van der Waals surface area contributed by atoms with Gasteiger partial charge in [0, 0.05) is 6.42 Å². The largest absolute Gasteiger partial charge is 0.756 e. The first-order valence-corrected chi connectivity index (χ1v) is 29.6. The van der Waals surface area contributed by atoms with Gasteiger partial charge in [-0.25, -0.2) is 0 Å². The van der Waals surface area contributed by atoms with E-state index in [9.17, 15) is 19.4 Å². The lowest BCUT2D eigenvalue weighted by Crippen LogP contribution is -2.45. The number of allylic oxidation sites excluding steroid dienone is 15. The van der Waals surface area contributed by atoms with Crippen LogP contribution in [-0.4, -0.2) is 68.5 Å². The molecule has 0 heterocycles. The molecular formula is C60H107N2O6P. The van der Waals surface area contributed by atoms with Gasteiger partial charge in [0.2, 0.25) is 5.91 Å². The molecule has 0 aliphatic rings. The van der Waals surface area contributed by atoms with E-state index >= 15 is 0 Å². The van der Waals surface area contributed by atoms with E-state index in [2.05, 4.69) is 104 Å². The van der Waals surface area contributed by atoms with E-state index < -0.39 is 26.6 Å². The summed E-state index contributed by atoms with van der Waals surface area (Å²) in [7, 11) is 1.23. The van der Waals surface area contributed by atoms with Crippen molar-refractivity contribution in [2.75, 3.05) is 40.9 Å². The highest BCUT2D eigenvalue weighted by Gasteiger charge is 2.23. The number of phosphoric acid groups is 1. The summed E-state index contributed by atoms with van der Waals surface area (Å²) in [5, 5.41) is 13.9. The Morgan fingerprint density at radius 2 is 0.884 bits per heavy atom. The molecule has 398 valence electrons. The summed E-state index contributed by atoms with van der Waals surface area (Å²) in [5.74, 6) is -0.231. The molecule has 8 nitrogen and oxygen atoms in total. The molecule has 0 saturated heterocycles. The first-order chi connectivity index (χ1) is 33.5. The summed E-state index contributed by atoms with van der Waals surface area (Å²) < 4.78 is 23.3. The number of aliphatic hydroxyl groups is 1. The molecule has 0 aliphatic carbocycles. The van der Waals surface area contributed by atoms with Crippen LogP contribution < -0.4 is 10.2 Å². The van der Waals surface area contributed by atoms with Crippen LogP contribution in [0.1, 0.15) is 226 Å². The van der Waals surface area contributed by atoms with Gasteiger partial charge in [-0.2, -0.15) is 0 Å². The second-order valence-corrected chi connectivity index (χ2v) is 21.3. The van der Waals surface area contributed by atoms with Crippen molar-refractivity contribution in [3.63, 3.8) is 0 Å². The van der Waals surface area contributed by atoms with E-state index in [4.69, 9.17) is 9.05 Å².